The first-order chi connectivity index (χ1) is 13.3. The molecule has 0 atom stereocenters. The predicted octanol–water partition coefficient (Wildman–Crippen LogP) is 3.43. The summed E-state index contributed by atoms with van der Waals surface area (Å²) in [5.41, 5.74) is 0.309. The fourth-order valence-corrected chi connectivity index (χ4v) is 3.97. The van der Waals surface area contributed by atoms with Crippen LogP contribution in [0.3, 0.4) is 0 Å². The number of hydrogen-bond acceptors (Lipinski definition) is 5. The van der Waals surface area contributed by atoms with Crippen LogP contribution in [0.15, 0.2) is 71.6 Å². The highest BCUT2D eigenvalue weighted by Gasteiger charge is 2.24. The van der Waals surface area contributed by atoms with E-state index in [2.05, 4.69) is 4.72 Å². The summed E-state index contributed by atoms with van der Waals surface area (Å²) >= 11 is 0. The smallest absolute Gasteiger partial charge is 0.339 e. The molecule has 3 N–H and O–H groups in total. The molecule has 0 aliphatic carbocycles. The number of anilines is 1. The van der Waals surface area contributed by atoms with Gasteiger partial charge in [-0.1, -0.05) is 48.5 Å². The van der Waals surface area contributed by atoms with E-state index >= 15 is 0 Å². The summed E-state index contributed by atoms with van der Waals surface area (Å²) in [4.78, 5) is 10.9. The summed E-state index contributed by atoms with van der Waals surface area (Å²) in [5.74, 6) is -2.11. The van der Waals surface area contributed by atoms with Crippen LogP contribution >= 0.6 is 0 Å². The number of aromatic carboxylic acids is 1. The summed E-state index contributed by atoms with van der Waals surface area (Å²) in [6.45, 7) is 0. The SMILES string of the molecule is N#Cc1c(-c2ccccc2)cccc1S(=O)(=O)Nc1cccc(C(=O)O)c1O. The van der Waals surface area contributed by atoms with Gasteiger partial charge in [-0.3, -0.25) is 4.72 Å². The third kappa shape index (κ3) is 3.51. The van der Waals surface area contributed by atoms with Gasteiger partial charge >= 0.3 is 5.97 Å². The van der Waals surface area contributed by atoms with E-state index in [0.717, 1.165) is 6.07 Å². The number of nitriles is 1. The van der Waals surface area contributed by atoms with E-state index in [0.29, 0.717) is 11.1 Å². The van der Waals surface area contributed by atoms with Gasteiger partial charge < -0.3 is 10.2 Å². The van der Waals surface area contributed by atoms with Crippen molar-refractivity contribution < 1.29 is 23.4 Å². The molecule has 0 saturated heterocycles. The molecule has 0 fully saturated rings. The first-order valence-corrected chi connectivity index (χ1v) is 9.50. The number of para-hydroxylation sites is 1. The van der Waals surface area contributed by atoms with Gasteiger partial charge in [0.15, 0.2) is 5.75 Å². The molecule has 7 nitrogen and oxygen atoms in total. The van der Waals surface area contributed by atoms with Crippen LogP contribution in [-0.4, -0.2) is 24.6 Å². The summed E-state index contributed by atoms with van der Waals surface area (Å²) in [6.07, 6.45) is 0. The molecular formula is C20H14N2O5S. The highest BCUT2D eigenvalue weighted by atomic mass is 32.2. The van der Waals surface area contributed by atoms with Gasteiger partial charge in [0, 0.05) is 5.56 Å². The molecule has 0 unspecified atom stereocenters. The Hall–Kier alpha value is -3.83. The second kappa shape index (κ2) is 7.42. The molecule has 0 radical (unpaired) electrons. The summed E-state index contributed by atoms with van der Waals surface area (Å²) in [7, 11) is -4.28. The Morgan fingerprint density at radius 2 is 1.64 bits per heavy atom. The molecule has 0 aliphatic heterocycles. The van der Waals surface area contributed by atoms with Crippen LogP contribution in [0.5, 0.6) is 5.75 Å². The van der Waals surface area contributed by atoms with Crippen LogP contribution in [0, 0.1) is 11.3 Å². The molecular weight excluding hydrogens is 380 g/mol. The lowest BCUT2D eigenvalue weighted by Crippen LogP contribution is -2.15. The Kier molecular flexibility index (Phi) is 5.02. The Balaban J connectivity index is 2.10. The Morgan fingerprint density at radius 3 is 2.29 bits per heavy atom. The highest BCUT2D eigenvalue weighted by Crippen LogP contribution is 2.32. The van der Waals surface area contributed by atoms with Gasteiger partial charge in [-0.15, -0.1) is 0 Å². The molecule has 0 aliphatic rings. The highest BCUT2D eigenvalue weighted by molar-refractivity contribution is 7.92. The number of sulfonamides is 1. The number of rotatable bonds is 5. The largest absolute Gasteiger partial charge is 0.505 e. The number of nitrogens with zero attached hydrogens (tertiary/aromatic N) is 1. The fourth-order valence-electron chi connectivity index (χ4n) is 2.73. The van der Waals surface area contributed by atoms with Crippen molar-refractivity contribution in [3.05, 3.63) is 77.9 Å². The van der Waals surface area contributed by atoms with Crippen molar-refractivity contribution in [2.45, 2.75) is 4.90 Å². The molecule has 0 saturated carbocycles. The zero-order chi connectivity index (χ0) is 20.3. The Morgan fingerprint density at radius 1 is 0.964 bits per heavy atom. The third-order valence-corrected chi connectivity index (χ3v) is 5.43. The number of phenols is 1. The minimum atomic E-state index is -4.28. The van der Waals surface area contributed by atoms with Crippen molar-refractivity contribution in [3.63, 3.8) is 0 Å². The average molecular weight is 394 g/mol. The van der Waals surface area contributed by atoms with E-state index in [9.17, 15) is 23.6 Å². The predicted molar refractivity (Wildman–Crippen MR) is 102 cm³/mol. The van der Waals surface area contributed by atoms with Gasteiger partial charge in [-0.2, -0.15) is 5.26 Å². The monoisotopic (exact) mass is 394 g/mol. The van der Waals surface area contributed by atoms with Crippen LogP contribution in [-0.2, 0) is 10.0 Å². The van der Waals surface area contributed by atoms with Gasteiger partial charge in [-0.05, 0) is 23.8 Å². The fraction of sp³-hybridized carbons (Fsp3) is 0. The van der Waals surface area contributed by atoms with E-state index in [1.165, 1.54) is 24.3 Å². The third-order valence-electron chi connectivity index (χ3n) is 4.02. The van der Waals surface area contributed by atoms with E-state index in [4.69, 9.17) is 5.11 Å². The zero-order valence-electron chi connectivity index (χ0n) is 14.3. The van der Waals surface area contributed by atoms with Gasteiger partial charge in [0.05, 0.1) is 11.3 Å². The van der Waals surface area contributed by atoms with Crippen molar-refractivity contribution in [3.8, 4) is 22.9 Å². The van der Waals surface area contributed by atoms with E-state index < -0.39 is 27.3 Å². The minimum absolute atomic E-state index is 0.0601. The van der Waals surface area contributed by atoms with Crippen LogP contribution in [0.1, 0.15) is 15.9 Å². The molecule has 0 bridgehead atoms. The molecule has 0 amide bonds. The van der Waals surface area contributed by atoms with Gasteiger partial charge in [0.2, 0.25) is 0 Å². The van der Waals surface area contributed by atoms with E-state index in [1.54, 1.807) is 36.4 Å². The first kappa shape index (κ1) is 18.9. The van der Waals surface area contributed by atoms with Crippen LogP contribution < -0.4 is 4.72 Å². The van der Waals surface area contributed by atoms with Crippen LogP contribution in [0.25, 0.3) is 11.1 Å². The van der Waals surface area contributed by atoms with Crippen LogP contribution in [0.4, 0.5) is 5.69 Å². The Labute approximate surface area is 161 Å². The van der Waals surface area contributed by atoms with E-state index in [-0.39, 0.29) is 16.1 Å². The quantitative estimate of drug-likeness (QED) is 0.569. The van der Waals surface area contributed by atoms with Crippen molar-refractivity contribution in [2.24, 2.45) is 0 Å². The molecule has 3 aromatic rings. The van der Waals surface area contributed by atoms with Gasteiger partial charge in [0.1, 0.15) is 16.5 Å². The van der Waals surface area contributed by atoms with Gasteiger partial charge in [-0.25, -0.2) is 13.2 Å². The van der Waals surface area contributed by atoms with Crippen molar-refractivity contribution >= 4 is 21.7 Å². The molecule has 0 spiro atoms. The van der Waals surface area contributed by atoms with E-state index in [1.807, 2.05) is 6.07 Å². The molecule has 3 aromatic carbocycles. The normalized spacial score (nSPS) is 10.8. The van der Waals surface area contributed by atoms with Crippen molar-refractivity contribution in [1.82, 2.24) is 0 Å². The molecule has 0 heterocycles. The lowest BCUT2D eigenvalue weighted by Gasteiger charge is -2.13. The average Bonchev–Trinajstić information content (AvgIpc) is 2.69. The van der Waals surface area contributed by atoms with Gasteiger partial charge in [0.25, 0.3) is 10.0 Å². The molecule has 28 heavy (non-hydrogen) atoms. The second-order valence-electron chi connectivity index (χ2n) is 5.77. The minimum Gasteiger partial charge on any atom is -0.505 e. The maximum atomic E-state index is 12.9. The first-order valence-electron chi connectivity index (χ1n) is 8.02. The summed E-state index contributed by atoms with van der Waals surface area (Å²) < 4.78 is 27.9. The molecule has 8 heteroatoms. The number of benzene rings is 3. The number of carbonyl (C=O) groups is 1. The number of hydrogen-bond donors (Lipinski definition) is 3. The second-order valence-corrected chi connectivity index (χ2v) is 7.42. The summed E-state index contributed by atoms with van der Waals surface area (Å²) in [5, 5.41) is 28.7. The maximum absolute atomic E-state index is 12.9. The lowest BCUT2D eigenvalue weighted by atomic mass is 10.0. The van der Waals surface area contributed by atoms with Crippen molar-refractivity contribution in [1.29, 1.82) is 5.26 Å². The van der Waals surface area contributed by atoms with Crippen LogP contribution in [0.2, 0.25) is 0 Å². The number of nitrogens with one attached hydrogen (secondary N) is 1. The topological polar surface area (TPSA) is 127 Å². The number of carboxylic acids is 1. The standard InChI is InChI=1S/C20H14N2O5S/c21-12-16-14(13-6-2-1-3-7-13)8-5-11-18(16)28(26,27)22-17-10-4-9-15(19(17)23)20(24)25/h1-11,22-23H,(H,24,25). The number of aromatic hydroxyl groups is 1. The number of carboxylic acid groups (broad SMARTS) is 1. The Bertz CT molecular complexity index is 1200. The van der Waals surface area contributed by atoms with Crippen molar-refractivity contribution in [2.75, 3.05) is 4.72 Å². The summed E-state index contributed by atoms with van der Waals surface area (Å²) in [6, 6.07) is 18.8. The molecule has 3 rings (SSSR count). The lowest BCUT2D eigenvalue weighted by molar-refractivity contribution is 0.0694. The maximum Gasteiger partial charge on any atom is 0.339 e. The molecule has 0 aromatic heterocycles. The zero-order valence-corrected chi connectivity index (χ0v) is 15.1. The molecule has 140 valence electrons.